The van der Waals surface area contributed by atoms with Gasteiger partial charge in [0.15, 0.2) is 9.84 Å². The van der Waals surface area contributed by atoms with Crippen LogP contribution in [0.4, 0.5) is 0 Å². The Hall–Kier alpha value is -5.98. The fourth-order valence-electron chi connectivity index (χ4n) is 14.1. The molecule has 20 heteroatoms. The molecule has 2 aliphatic carbocycles. The first-order valence-electron chi connectivity index (χ1n) is 40.0. The Bertz CT molecular complexity index is 3620. The summed E-state index contributed by atoms with van der Waals surface area (Å²) in [6.45, 7) is 29.0. The van der Waals surface area contributed by atoms with Crippen molar-refractivity contribution in [2.24, 2.45) is 5.92 Å². The molecule has 0 heterocycles. The minimum absolute atomic E-state index is 0. The Morgan fingerprint density at radius 3 is 1.22 bits per heavy atom. The van der Waals surface area contributed by atoms with E-state index >= 15 is 0 Å². The second-order valence-electron chi connectivity index (χ2n) is 29.3. The number of hydrogen-bond acceptors (Lipinski definition) is 19. The van der Waals surface area contributed by atoms with E-state index in [-0.39, 0.29) is 84.8 Å². The van der Waals surface area contributed by atoms with E-state index in [4.69, 9.17) is 75.8 Å². The Labute approximate surface area is 731 Å². The predicted octanol–water partition coefficient (Wildman–Crippen LogP) is 25.2. The van der Waals surface area contributed by atoms with Crippen molar-refractivity contribution in [1.82, 2.24) is 0 Å². The molecule has 2 saturated carbocycles. The first-order valence-corrected chi connectivity index (χ1v) is 42.6. The molecule has 686 valence electrons. The molecule has 0 saturated heterocycles. The van der Waals surface area contributed by atoms with Crippen LogP contribution in [0.25, 0.3) is 0 Å². The van der Waals surface area contributed by atoms with Crippen LogP contribution in [0.3, 0.4) is 0 Å². The lowest BCUT2D eigenvalue weighted by atomic mass is 9.80. The number of thioether (sulfide) groups is 1. The number of benzene rings is 6. The highest BCUT2D eigenvalue weighted by Gasteiger charge is 2.32. The van der Waals surface area contributed by atoms with Crippen LogP contribution in [0.15, 0.2) is 95.9 Å². The summed E-state index contributed by atoms with van der Waals surface area (Å²) in [5, 5.41) is 0.256. The highest BCUT2D eigenvalue weighted by molar-refractivity contribution is 7.99. The molecular weight excluding hydrogens is 1540 g/mol. The van der Waals surface area contributed by atoms with Gasteiger partial charge >= 0.3 is 0 Å². The largest absolute Gasteiger partial charge is 0.496 e. The lowest BCUT2D eigenvalue weighted by Crippen LogP contribution is -2.39. The molecule has 18 nitrogen and oxygen atoms in total. The predicted molar refractivity (Wildman–Crippen MR) is 502 cm³/mol. The van der Waals surface area contributed by atoms with Crippen LogP contribution in [0.1, 0.15) is 276 Å². The van der Waals surface area contributed by atoms with Crippen molar-refractivity contribution < 1.29 is 84.2 Å². The second kappa shape index (κ2) is 65.7. The van der Waals surface area contributed by atoms with Gasteiger partial charge < -0.3 is 75.8 Å². The monoisotopic (exact) mass is 1710 g/mol. The second-order valence-corrected chi connectivity index (χ2v) is 33.2. The van der Waals surface area contributed by atoms with Crippen LogP contribution in [-0.4, -0.2) is 140 Å². The zero-order valence-corrected chi connectivity index (χ0v) is 73.0. The molecule has 8 rings (SSSR count). The van der Waals surface area contributed by atoms with Gasteiger partial charge in [-0.3, -0.25) is 0 Å². The highest BCUT2D eigenvalue weighted by Crippen LogP contribution is 2.40. The average molecular weight is 1710 g/mol. The highest BCUT2D eigenvalue weighted by atomic mass is 32.2. The summed E-state index contributed by atoms with van der Waals surface area (Å²) in [6, 6.07) is 30.1. The van der Waals surface area contributed by atoms with E-state index in [0.29, 0.717) is 124 Å². The fourth-order valence-corrected chi connectivity index (χ4v) is 16.4. The minimum Gasteiger partial charge on any atom is -0.496 e. The maximum Gasteiger partial charge on any atom is 0.180 e. The third-order valence-electron chi connectivity index (χ3n) is 20.4. The molecular formula is C99H170O18S2. The Morgan fingerprint density at radius 2 is 0.782 bits per heavy atom. The van der Waals surface area contributed by atoms with Crippen molar-refractivity contribution in [1.29, 1.82) is 0 Å². The molecule has 8 unspecified atom stereocenters. The third-order valence-corrected chi connectivity index (χ3v) is 24.1. The normalized spacial score (nSPS) is 15.5. The molecule has 0 aliphatic heterocycles. The molecule has 2 fully saturated rings. The summed E-state index contributed by atoms with van der Waals surface area (Å²) in [7, 11) is 13.5. The Balaban J connectivity index is -0.000000735. The van der Waals surface area contributed by atoms with Crippen molar-refractivity contribution >= 4 is 21.6 Å². The van der Waals surface area contributed by atoms with Gasteiger partial charge in [-0.25, -0.2) is 8.42 Å². The van der Waals surface area contributed by atoms with Gasteiger partial charge in [0.25, 0.3) is 0 Å². The number of methoxy groups -OCH3 is 10. The van der Waals surface area contributed by atoms with Gasteiger partial charge in [-0.15, -0.1) is 0 Å². The smallest absolute Gasteiger partial charge is 0.180 e. The molecule has 0 aromatic heterocycles. The molecule has 0 spiro atoms. The summed E-state index contributed by atoms with van der Waals surface area (Å²) >= 11 is 1.95. The SMILES string of the molecule is C.C.C.C.C.C.C.C.CCC(C)OC1CCCCC1Cc1c(COC)cc(C)cc1COC.CCC(C)S(=O)(=O)c1ccc(OCCOc2c(COC)cc(COC)c(OC)c2COC)cc1.CCC(C)SCCOc1c(COC)cc(C)cc1COC.CCC(C)c1ccc(OC2CCCCC2Oc2c(COC)cc(C)cc2COC)cc1. The van der Waals surface area contributed by atoms with Crippen LogP contribution in [0, 0.1) is 26.7 Å². The molecule has 0 radical (unpaired) electrons. The molecule has 0 amide bonds. The number of hydrogen-bond donors (Lipinski definition) is 0. The van der Waals surface area contributed by atoms with Crippen molar-refractivity contribution in [3.8, 4) is 34.5 Å². The topological polar surface area (TPSA) is 182 Å². The van der Waals surface area contributed by atoms with Crippen LogP contribution >= 0.6 is 11.8 Å². The van der Waals surface area contributed by atoms with Gasteiger partial charge in [0.05, 0.1) is 101 Å². The minimum atomic E-state index is -3.33. The molecule has 0 N–H and O–H groups in total. The number of rotatable bonds is 44. The van der Waals surface area contributed by atoms with E-state index in [1.807, 2.05) is 24.8 Å². The van der Waals surface area contributed by atoms with E-state index < -0.39 is 15.1 Å². The van der Waals surface area contributed by atoms with Gasteiger partial charge in [-0.2, -0.15) is 11.8 Å². The van der Waals surface area contributed by atoms with Gasteiger partial charge in [0.2, 0.25) is 0 Å². The molecule has 2 aliphatic rings. The molecule has 6 aromatic carbocycles. The zero-order valence-electron chi connectivity index (χ0n) is 71.3. The third kappa shape index (κ3) is 38.8. The van der Waals surface area contributed by atoms with E-state index in [1.54, 1.807) is 102 Å². The van der Waals surface area contributed by atoms with Crippen LogP contribution in [0.5, 0.6) is 34.5 Å². The van der Waals surface area contributed by atoms with E-state index in [9.17, 15) is 8.42 Å². The van der Waals surface area contributed by atoms with Gasteiger partial charge in [0.1, 0.15) is 59.9 Å². The van der Waals surface area contributed by atoms with Crippen molar-refractivity contribution in [2.45, 2.75) is 324 Å². The van der Waals surface area contributed by atoms with Crippen molar-refractivity contribution in [3.63, 3.8) is 0 Å². The lowest BCUT2D eigenvalue weighted by molar-refractivity contribution is -0.0534. The summed E-state index contributed by atoms with van der Waals surface area (Å²) < 4.78 is 117. The first-order chi connectivity index (χ1) is 53.6. The van der Waals surface area contributed by atoms with Crippen LogP contribution in [0.2, 0.25) is 0 Å². The van der Waals surface area contributed by atoms with E-state index in [1.165, 1.54) is 77.5 Å². The maximum atomic E-state index is 12.5. The Kier molecular flexibility index (Phi) is 65.8. The van der Waals surface area contributed by atoms with Crippen molar-refractivity contribution in [2.75, 3.05) is 96.7 Å². The molecule has 0 bridgehead atoms. The van der Waals surface area contributed by atoms with E-state index in [2.05, 4.69) is 123 Å². The summed E-state index contributed by atoms with van der Waals surface area (Å²) in [5.74, 6) is 6.74. The first kappa shape index (κ1) is 119. The zero-order chi connectivity index (χ0) is 81.3. The van der Waals surface area contributed by atoms with E-state index in [0.717, 1.165) is 100 Å². The summed E-state index contributed by atoms with van der Waals surface area (Å²) in [4.78, 5) is 0.294. The van der Waals surface area contributed by atoms with Gasteiger partial charge in [0, 0.05) is 108 Å². The number of ether oxygens (including phenoxy) is 16. The quantitative estimate of drug-likeness (QED) is 0.0329. The fraction of sp³-hybridized carbons (Fsp3) is 0.636. The standard InChI is InChI=1S/C27H38O4.C25H36O8S.C22H36O3.C17H28O3S.8CH4/c1-6-20(3)21-11-13-24(14-12-21)30-25-9-7-8-10-26(25)31-27-22(17-28-4)15-19(2)16-23(27)18-29-5;1-7-18(2)34(26,27)22-10-8-21(9-11-22)32-12-13-33-25-20(16-29-4)14-19(15-28-3)24(31-6)23(25)17-30-5;1-6-17(3)25-22-10-8-7-9-18(22)13-21-19(14-23-4)11-16(2)12-20(21)15-24-5;1-6-14(3)21-8-7-20-17-15(11-18-4)9-13(2)10-16(17)12-19-5;;;;;;;;/h11-16,20,25-26H,6-10,17-18H2,1-5H3;8-11,14,18H,7,12-13,15-17H2,1-6H3;11-12,17-18,22H,6-10,13-15H2,1-5H3;9-10,14H,6-8,11-12H2,1-5H3;8*1H4. The average Bonchev–Trinajstić information content (AvgIpc) is 0.813. The number of sulfone groups is 1. The molecule has 119 heavy (non-hydrogen) atoms. The lowest BCUT2D eigenvalue weighted by Gasteiger charge is -2.34. The van der Waals surface area contributed by atoms with Gasteiger partial charge in [-0.1, -0.05) is 179 Å². The summed E-state index contributed by atoms with van der Waals surface area (Å²) in [5.41, 5.74) is 15.9. The van der Waals surface area contributed by atoms with Crippen molar-refractivity contribution in [3.05, 3.63) is 169 Å². The number of aryl methyl sites for hydroxylation is 3. The van der Waals surface area contributed by atoms with Crippen LogP contribution in [-0.2, 0) is 123 Å². The molecule has 6 aromatic rings. The van der Waals surface area contributed by atoms with Crippen LogP contribution < -0.4 is 28.4 Å². The Morgan fingerprint density at radius 1 is 0.387 bits per heavy atom. The molecule has 8 atom stereocenters. The summed E-state index contributed by atoms with van der Waals surface area (Å²) in [6.07, 6.45) is 15.2. The van der Waals surface area contributed by atoms with Gasteiger partial charge in [-0.05, 0) is 182 Å². The maximum absolute atomic E-state index is 12.5.